The molecule has 0 bridgehead atoms. The Kier molecular flexibility index (Phi) is 8.30. The van der Waals surface area contributed by atoms with Gasteiger partial charge in [0.1, 0.15) is 11.5 Å². The van der Waals surface area contributed by atoms with Crippen molar-refractivity contribution in [3.05, 3.63) is 76.3 Å². The van der Waals surface area contributed by atoms with E-state index >= 15 is 0 Å². The molecule has 7 nitrogen and oxygen atoms in total. The fraction of sp³-hybridized carbons (Fsp3) is 0.346. The number of aliphatic hydroxyl groups excluding tert-OH is 1. The summed E-state index contributed by atoms with van der Waals surface area (Å²) in [4.78, 5) is 24.7. The van der Waals surface area contributed by atoms with Crippen molar-refractivity contribution in [2.24, 2.45) is 5.41 Å². The Morgan fingerprint density at radius 1 is 1.17 bits per heavy atom. The summed E-state index contributed by atoms with van der Waals surface area (Å²) in [5.74, 6) is -1.84. The molecule has 3 rings (SSSR count). The van der Waals surface area contributed by atoms with Crippen molar-refractivity contribution in [3.63, 3.8) is 0 Å². The van der Waals surface area contributed by atoms with Crippen LogP contribution >= 0.6 is 11.6 Å². The molecule has 35 heavy (non-hydrogen) atoms. The molecule has 1 aromatic heterocycles. The molecule has 2 unspecified atom stereocenters. The number of aliphatic carboxylic acids is 1. The summed E-state index contributed by atoms with van der Waals surface area (Å²) in [5.41, 5.74) is 1.37. The van der Waals surface area contributed by atoms with Crippen molar-refractivity contribution in [2.75, 3.05) is 6.61 Å². The van der Waals surface area contributed by atoms with E-state index in [1.54, 1.807) is 36.4 Å². The van der Waals surface area contributed by atoms with Gasteiger partial charge in [-0.15, -0.1) is 0 Å². The van der Waals surface area contributed by atoms with Crippen molar-refractivity contribution in [2.45, 2.75) is 45.6 Å². The number of aromatic nitrogens is 2. The Bertz CT molecular complexity index is 1200. The number of hydrogen-bond donors (Lipinski definition) is 4. The first-order valence-corrected chi connectivity index (χ1v) is 11.6. The summed E-state index contributed by atoms with van der Waals surface area (Å²) in [6.07, 6.45) is 0.297. The Labute approximate surface area is 208 Å². The van der Waals surface area contributed by atoms with Gasteiger partial charge in [0.15, 0.2) is 0 Å². The molecule has 1 heterocycles. The maximum Gasteiger partial charge on any atom is 0.311 e. The Balaban J connectivity index is 1.83. The van der Waals surface area contributed by atoms with E-state index in [0.29, 0.717) is 22.6 Å². The van der Waals surface area contributed by atoms with E-state index in [1.165, 1.54) is 19.1 Å². The predicted octanol–water partition coefficient (Wildman–Crippen LogP) is 4.81. The van der Waals surface area contributed by atoms with E-state index < -0.39 is 35.8 Å². The van der Waals surface area contributed by atoms with Crippen LogP contribution < -0.4 is 5.32 Å². The number of benzene rings is 2. The zero-order chi connectivity index (χ0) is 25.8. The first kappa shape index (κ1) is 26.4. The topological polar surface area (TPSA) is 115 Å². The van der Waals surface area contributed by atoms with Crippen molar-refractivity contribution < 1.29 is 24.2 Å². The van der Waals surface area contributed by atoms with Gasteiger partial charge in [-0.1, -0.05) is 49.7 Å². The normalized spacial score (nSPS) is 13.9. The lowest BCUT2D eigenvalue weighted by atomic mass is 9.82. The molecule has 0 aliphatic carbocycles. The fourth-order valence-electron chi connectivity index (χ4n) is 3.77. The van der Waals surface area contributed by atoms with Crippen LogP contribution in [0, 0.1) is 11.2 Å². The van der Waals surface area contributed by atoms with Gasteiger partial charge in [0, 0.05) is 22.3 Å². The molecule has 186 valence electrons. The maximum absolute atomic E-state index is 14.2. The smallest absolute Gasteiger partial charge is 0.311 e. The first-order chi connectivity index (χ1) is 16.5. The minimum atomic E-state index is -1.45. The number of carboxylic acids is 1. The summed E-state index contributed by atoms with van der Waals surface area (Å²) >= 11 is 6.00. The molecule has 4 N–H and O–H groups in total. The number of carbonyl (C=O) groups is 2. The third-order valence-electron chi connectivity index (χ3n) is 6.03. The minimum Gasteiger partial charge on any atom is -0.481 e. The van der Waals surface area contributed by atoms with Crippen molar-refractivity contribution in [1.29, 1.82) is 0 Å². The molecular weight excluding hydrogens is 473 g/mol. The van der Waals surface area contributed by atoms with Gasteiger partial charge in [-0.2, -0.15) is 5.10 Å². The van der Waals surface area contributed by atoms with Crippen LogP contribution in [-0.2, 0) is 11.2 Å². The molecule has 0 saturated carbocycles. The van der Waals surface area contributed by atoms with E-state index in [2.05, 4.69) is 15.5 Å². The summed E-state index contributed by atoms with van der Waals surface area (Å²) < 4.78 is 14.2. The van der Waals surface area contributed by atoms with E-state index in [4.69, 9.17) is 11.6 Å². The quantitative estimate of drug-likeness (QED) is 0.318. The summed E-state index contributed by atoms with van der Waals surface area (Å²) in [6.45, 7) is 4.79. The molecule has 0 aliphatic rings. The van der Waals surface area contributed by atoms with E-state index in [9.17, 15) is 24.2 Å². The van der Waals surface area contributed by atoms with Crippen LogP contribution in [0.25, 0.3) is 11.1 Å². The molecular formula is C26H29ClFN3O4. The SMILES string of the molecule is CC(C)c1cc(C(=O)NC(Cc2ccc(-c3cc(Cl)ccc3F)cc2)CC(C)(CO)C(=O)O)n[nH]1. The van der Waals surface area contributed by atoms with Gasteiger partial charge < -0.3 is 15.5 Å². The highest BCUT2D eigenvalue weighted by molar-refractivity contribution is 6.30. The van der Waals surface area contributed by atoms with Crippen LogP contribution in [0.3, 0.4) is 0 Å². The van der Waals surface area contributed by atoms with Crippen LogP contribution in [0.15, 0.2) is 48.5 Å². The second-order valence-corrected chi connectivity index (χ2v) is 9.72. The molecule has 3 aromatic rings. The molecule has 0 spiro atoms. The van der Waals surface area contributed by atoms with Crippen molar-refractivity contribution in [1.82, 2.24) is 15.5 Å². The number of rotatable bonds is 10. The average molecular weight is 502 g/mol. The average Bonchev–Trinajstić information content (AvgIpc) is 3.32. The van der Waals surface area contributed by atoms with E-state index in [0.717, 1.165) is 11.3 Å². The fourth-order valence-corrected chi connectivity index (χ4v) is 3.94. The summed E-state index contributed by atoms with van der Waals surface area (Å²) in [6, 6.07) is 12.4. The number of aliphatic hydroxyl groups is 1. The van der Waals surface area contributed by atoms with Crippen LogP contribution in [0.2, 0.25) is 5.02 Å². The summed E-state index contributed by atoms with van der Waals surface area (Å²) in [5, 5.41) is 29.6. The zero-order valence-corrected chi connectivity index (χ0v) is 20.6. The molecule has 0 radical (unpaired) electrons. The molecule has 1 amide bonds. The van der Waals surface area contributed by atoms with Gasteiger partial charge in [0.25, 0.3) is 5.91 Å². The third kappa shape index (κ3) is 6.46. The number of carbonyl (C=O) groups excluding carboxylic acids is 1. The monoisotopic (exact) mass is 501 g/mol. The highest BCUT2D eigenvalue weighted by atomic mass is 35.5. The maximum atomic E-state index is 14.2. The van der Waals surface area contributed by atoms with Gasteiger partial charge >= 0.3 is 5.97 Å². The molecule has 2 atom stereocenters. The number of aromatic amines is 1. The Morgan fingerprint density at radius 3 is 2.43 bits per heavy atom. The second kappa shape index (κ2) is 11.0. The van der Waals surface area contributed by atoms with E-state index in [1.807, 2.05) is 13.8 Å². The highest BCUT2D eigenvalue weighted by Gasteiger charge is 2.36. The van der Waals surface area contributed by atoms with Crippen molar-refractivity contribution in [3.8, 4) is 11.1 Å². The van der Waals surface area contributed by atoms with Crippen LogP contribution in [0.1, 0.15) is 54.9 Å². The van der Waals surface area contributed by atoms with Crippen LogP contribution in [0.4, 0.5) is 4.39 Å². The lowest BCUT2D eigenvalue weighted by Crippen LogP contribution is -2.44. The van der Waals surface area contributed by atoms with Crippen molar-refractivity contribution >= 4 is 23.5 Å². The molecule has 0 saturated heterocycles. The second-order valence-electron chi connectivity index (χ2n) is 9.29. The summed E-state index contributed by atoms with van der Waals surface area (Å²) in [7, 11) is 0. The predicted molar refractivity (Wildman–Crippen MR) is 132 cm³/mol. The van der Waals surface area contributed by atoms with Gasteiger partial charge in [-0.3, -0.25) is 14.7 Å². The lowest BCUT2D eigenvalue weighted by molar-refractivity contribution is -0.151. The minimum absolute atomic E-state index is 0.00327. The molecule has 9 heteroatoms. The Morgan fingerprint density at radius 2 is 1.86 bits per heavy atom. The number of halogens is 2. The number of nitrogens with one attached hydrogen (secondary N) is 2. The van der Waals surface area contributed by atoms with Gasteiger partial charge in [-0.05, 0) is 61.1 Å². The van der Waals surface area contributed by atoms with Gasteiger partial charge in [0.2, 0.25) is 0 Å². The number of amides is 1. The van der Waals surface area contributed by atoms with E-state index in [-0.39, 0.29) is 18.0 Å². The van der Waals surface area contributed by atoms with Gasteiger partial charge in [-0.25, -0.2) is 4.39 Å². The number of nitrogens with zero attached hydrogens (tertiary/aromatic N) is 1. The first-order valence-electron chi connectivity index (χ1n) is 11.3. The standard InChI is InChI=1S/C26H29ClFN3O4/c1-15(2)22-12-23(31-30-22)24(33)29-19(13-26(3,14-32)25(34)35)10-16-4-6-17(7-5-16)20-11-18(27)8-9-21(20)28/h4-9,11-12,15,19,32H,10,13-14H2,1-3H3,(H,29,33)(H,30,31)(H,34,35). The largest absolute Gasteiger partial charge is 0.481 e. The molecule has 0 aliphatic heterocycles. The number of carboxylic acid groups (broad SMARTS) is 1. The Hall–Kier alpha value is -3.23. The van der Waals surface area contributed by atoms with Crippen LogP contribution in [-0.4, -0.2) is 44.9 Å². The molecule has 2 aromatic carbocycles. The molecule has 0 fully saturated rings. The zero-order valence-electron chi connectivity index (χ0n) is 19.8. The number of hydrogen-bond acceptors (Lipinski definition) is 4. The highest BCUT2D eigenvalue weighted by Crippen LogP contribution is 2.28. The third-order valence-corrected chi connectivity index (χ3v) is 6.26. The lowest BCUT2D eigenvalue weighted by Gasteiger charge is -2.28. The number of H-pyrrole nitrogens is 1. The van der Waals surface area contributed by atoms with Gasteiger partial charge in [0.05, 0.1) is 12.0 Å². The van der Waals surface area contributed by atoms with Crippen LogP contribution in [0.5, 0.6) is 0 Å².